The Morgan fingerprint density at radius 3 is 0.720 bits per heavy atom. The predicted molar refractivity (Wildman–Crippen MR) is 87.9 cm³/mol. The Morgan fingerprint density at radius 2 is 0.640 bits per heavy atom. The Labute approximate surface area is 149 Å². The molecule has 0 aromatic carbocycles. The molecule has 0 bridgehead atoms. The lowest BCUT2D eigenvalue weighted by Gasteiger charge is -2.09. The minimum Gasteiger partial charge on any atom is -0.377 e. The summed E-state index contributed by atoms with van der Waals surface area (Å²) in [4.78, 5) is 0. The van der Waals surface area contributed by atoms with E-state index in [1.807, 2.05) is 0 Å². The molecule has 0 amide bonds. The van der Waals surface area contributed by atoms with Crippen LogP contribution in [0.15, 0.2) is 0 Å². The van der Waals surface area contributed by atoms with E-state index >= 15 is 0 Å². The molecule has 0 saturated carbocycles. The molecule has 1 aliphatic heterocycles. The van der Waals surface area contributed by atoms with Gasteiger partial charge in [0.15, 0.2) is 0 Å². The first-order valence-corrected chi connectivity index (χ1v) is 9.28. The maximum absolute atomic E-state index is 9.92. The molecule has 0 aromatic heterocycles. The molecular formula is C14H30O10S. The Bertz CT molecular complexity index is 278. The standard InChI is InChI=1S/C12H24O6.C2H6O4S/c1-2-14-5-6-16-9-10-18-12-11-17-8-7-15-4-3-13-1;1-5-7(3,4)6-2/h1-12H2;1-2H3. The third-order valence-corrected chi connectivity index (χ3v) is 3.46. The summed E-state index contributed by atoms with van der Waals surface area (Å²) in [6, 6.07) is 0. The average Bonchev–Trinajstić information content (AvgIpc) is 2.62. The minimum absolute atomic E-state index is 0.586. The molecule has 1 heterocycles. The molecule has 0 atom stereocenters. The first-order chi connectivity index (χ1) is 12.1. The molecule has 10 nitrogen and oxygen atoms in total. The van der Waals surface area contributed by atoms with Gasteiger partial charge in [-0.2, -0.15) is 8.42 Å². The highest BCUT2D eigenvalue weighted by atomic mass is 32.3. The van der Waals surface area contributed by atoms with Crippen LogP contribution in [0, 0.1) is 0 Å². The molecule has 0 aromatic rings. The van der Waals surface area contributed by atoms with Crippen molar-refractivity contribution in [1.82, 2.24) is 0 Å². The first kappa shape index (κ1) is 24.6. The summed E-state index contributed by atoms with van der Waals surface area (Å²) in [5.74, 6) is 0. The molecule has 1 rings (SSSR count). The molecule has 0 N–H and O–H groups in total. The summed E-state index contributed by atoms with van der Waals surface area (Å²) in [7, 11) is -1.60. The fourth-order valence-electron chi connectivity index (χ4n) is 1.39. The molecule has 1 saturated heterocycles. The molecule has 0 unspecified atom stereocenters. The minimum atomic E-state index is -3.66. The van der Waals surface area contributed by atoms with Gasteiger partial charge < -0.3 is 28.4 Å². The fraction of sp³-hybridized carbons (Fsp3) is 1.00. The van der Waals surface area contributed by atoms with E-state index in [9.17, 15) is 8.42 Å². The second-order valence-corrected chi connectivity index (χ2v) is 5.90. The van der Waals surface area contributed by atoms with Crippen molar-refractivity contribution in [2.24, 2.45) is 0 Å². The second kappa shape index (κ2) is 18.4. The van der Waals surface area contributed by atoms with Crippen molar-refractivity contribution in [1.29, 1.82) is 0 Å². The average molecular weight is 390 g/mol. The number of hydrogen-bond acceptors (Lipinski definition) is 10. The van der Waals surface area contributed by atoms with Crippen LogP contribution in [0.2, 0.25) is 0 Å². The number of rotatable bonds is 2. The van der Waals surface area contributed by atoms with Crippen LogP contribution in [0.5, 0.6) is 0 Å². The highest BCUT2D eigenvalue weighted by Gasteiger charge is 2.01. The normalized spacial score (nSPS) is 20.6. The van der Waals surface area contributed by atoms with E-state index in [1.165, 1.54) is 0 Å². The quantitative estimate of drug-likeness (QED) is 0.619. The van der Waals surface area contributed by atoms with Crippen LogP contribution in [0.25, 0.3) is 0 Å². The van der Waals surface area contributed by atoms with E-state index in [4.69, 9.17) is 28.4 Å². The van der Waals surface area contributed by atoms with Crippen molar-refractivity contribution in [2.75, 3.05) is 93.5 Å². The van der Waals surface area contributed by atoms with Gasteiger partial charge in [-0.05, 0) is 0 Å². The number of ether oxygens (including phenoxy) is 6. The van der Waals surface area contributed by atoms with Crippen LogP contribution in [0.4, 0.5) is 0 Å². The highest BCUT2D eigenvalue weighted by Crippen LogP contribution is 1.87. The molecule has 1 fully saturated rings. The van der Waals surface area contributed by atoms with Crippen LogP contribution in [-0.4, -0.2) is 102 Å². The van der Waals surface area contributed by atoms with Gasteiger partial charge in [0, 0.05) is 0 Å². The van der Waals surface area contributed by atoms with Crippen molar-refractivity contribution in [3.63, 3.8) is 0 Å². The summed E-state index contributed by atoms with van der Waals surface area (Å²) in [5, 5.41) is 0. The summed E-state index contributed by atoms with van der Waals surface area (Å²) in [6.45, 7) is 7.04. The van der Waals surface area contributed by atoms with E-state index in [2.05, 4.69) is 8.37 Å². The van der Waals surface area contributed by atoms with Gasteiger partial charge in [0.25, 0.3) is 0 Å². The Balaban J connectivity index is 0.000000697. The number of hydrogen-bond donors (Lipinski definition) is 0. The third kappa shape index (κ3) is 19.8. The zero-order valence-electron chi connectivity index (χ0n) is 15.0. The lowest BCUT2D eigenvalue weighted by molar-refractivity contribution is -0.0334. The maximum atomic E-state index is 9.92. The second-order valence-electron chi connectivity index (χ2n) is 4.42. The fourth-order valence-corrected chi connectivity index (χ4v) is 1.52. The van der Waals surface area contributed by atoms with Crippen LogP contribution >= 0.6 is 0 Å². The van der Waals surface area contributed by atoms with E-state index in [0.29, 0.717) is 79.3 Å². The van der Waals surface area contributed by atoms with Gasteiger partial charge in [0.2, 0.25) is 0 Å². The smallest absolute Gasteiger partial charge is 0.377 e. The largest absolute Gasteiger partial charge is 0.399 e. The molecular weight excluding hydrogens is 360 g/mol. The monoisotopic (exact) mass is 390 g/mol. The molecule has 0 spiro atoms. The van der Waals surface area contributed by atoms with Crippen LogP contribution in [-0.2, 0) is 47.2 Å². The molecule has 1 aliphatic rings. The van der Waals surface area contributed by atoms with Gasteiger partial charge in [-0.3, -0.25) is 8.37 Å². The van der Waals surface area contributed by atoms with Crippen LogP contribution in [0.3, 0.4) is 0 Å². The van der Waals surface area contributed by atoms with Crippen LogP contribution in [0.1, 0.15) is 0 Å². The van der Waals surface area contributed by atoms with Gasteiger partial charge in [-0.25, -0.2) is 0 Å². The lowest BCUT2D eigenvalue weighted by atomic mass is 10.6. The summed E-state index contributed by atoms with van der Waals surface area (Å²) in [6.07, 6.45) is 0. The van der Waals surface area contributed by atoms with Crippen molar-refractivity contribution >= 4 is 10.4 Å². The predicted octanol–water partition coefficient (Wildman–Crippen LogP) is -0.376. The Hall–Kier alpha value is -0.370. The lowest BCUT2D eigenvalue weighted by Crippen LogP contribution is -2.16. The van der Waals surface area contributed by atoms with Crippen molar-refractivity contribution in [3.8, 4) is 0 Å². The first-order valence-electron chi connectivity index (χ1n) is 7.95. The SMILES string of the molecule is C1COCCOCCOCCOCCOCCO1.COS(=O)(=O)OC. The van der Waals surface area contributed by atoms with Gasteiger partial charge in [0.05, 0.1) is 93.5 Å². The highest BCUT2D eigenvalue weighted by molar-refractivity contribution is 7.81. The van der Waals surface area contributed by atoms with Gasteiger partial charge >= 0.3 is 10.4 Å². The van der Waals surface area contributed by atoms with E-state index < -0.39 is 10.4 Å². The zero-order valence-corrected chi connectivity index (χ0v) is 15.8. The van der Waals surface area contributed by atoms with E-state index in [-0.39, 0.29) is 0 Å². The summed E-state index contributed by atoms with van der Waals surface area (Å²) >= 11 is 0. The molecule has 152 valence electrons. The van der Waals surface area contributed by atoms with Gasteiger partial charge in [0.1, 0.15) is 0 Å². The van der Waals surface area contributed by atoms with Crippen molar-refractivity contribution in [2.45, 2.75) is 0 Å². The van der Waals surface area contributed by atoms with E-state index in [0.717, 1.165) is 14.2 Å². The molecule has 0 radical (unpaired) electrons. The van der Waals surface area contributed by atoms with Crippen LogP contribution < -0.4 is 0 Å². The maximum Gasteiger partial charge on any atom is 0.399 e. The van der Waals surface area contributed by atoms with Gasteiger partial charge in [-0.15, -0.1) is 0 Å². The summed E-state index contributed by atoms with van der Waals surface area (Å²) < 4.78 is 59.5. The Morgan fingerprint density at radius 1 is 0.480 bits per heavy atom. The summed E-state index contributed by atoms with van der Waals surface area (Å²) in [5.41, 5.74) is 0. The molecule has 25 heavy (non-hydrogen) atoms. The Kier molecular flexibility index (Phi) is 18.1. The van der Waals surface area contributed by atoms with Gasteiger partial charge in [-0.1, -0.05) is 0 Å². The van der Waals surface area contributed by atoms with Crippen molar-refractivity contribution < 1.29 is 45.2 Å². The molecule has 11 heteroatoms. The molecule has 0 aliphatic carbocycles. The third-order valence-electron chi connectivity index (χ3n) is 2.64. The van der Waals surface area contributed by atoms with Crippen molar-refractivity contribution in [3.05, 3.63) is 0 Å². The van der Waals surface area contributed by atoms with E-state index in [1.54, 1.807) is 0 Å². The zero-order chi connectivity index (χ0) is 18.6. The topological polar surface area (TPSA) is 108 Å².